The smallest absolute Gasteiger partial charge is 0.354 e. The van der Waals surface area contributed by atoms with Crippen LogP contribution in [0.4, 0.5) is 11.5 Å². The van der Waals surface area contributed by atoms with Crippen molar-refractivity contribution in [2.75, 3.05) is 23.3 Å². The first-order chi connectivity index (χ1) is 7.79. The zero-order valence-electron chi connectivity index (χ0n) is 8.75. The summed E-state index contributed by atoms with van der Waals surface area (Å²) in [6.45, 7) is -0.000887. The SMILES string of the molecule is Nc1ccc(C(=O)O)nc1NCCS(N)(=O)=O. The van der Waals surface area contributed by atoms with E-state index in [4.69, 9.17) is 16.0 Å². The standard InChI is InChI=1S/C8H12N4O4S/c9-5-1-2-6(8(13)14)12-7(5)11-3-4-17(10,15)16/h1-2H,3-4,9H2,(H,11,12)(H,13,14)(H2,10,15,16). The van der Waals surface area contributed by atoms with Crippen molar-refractivity contribution < 1.29 is 18.3 Å². The molecule has 0 bridgehead atoms. The minimum atomic E-state index is -3.58. The van der Waals surface area contributed by atoms with Gasteiger partial charge in [0.15, 0.2) is 5.69 Å². The number of nitrogens with one attached hydrogen (secondary N) is 1. The Balaban J connectivity index is 2.76. The molecule has 0 spiro atoms. The molecule has 0 amide bonds. The average Bonchev–Trinajstić information content (AvgIpc) is 2.18. The number of carboxylic acids is 1. The number of sulfonamides is 1. The second-order valence-electron chi connectivity index (χ2n) is 3.23. The lowest BCUT2D eigenvalue weighted by molar-refractivity contribution is 0.0690. The maximum Gasteiger partial charge on any atom is 0.354 e. The maximum atomic E-state index is 10.7. The van der Waals surface area contributed by atoms with E-state index >= 15 is 0 Å². The van der Waals surface area contributed by atoms with Gasteiger partial charge in [-0.3, -0.25) is 0 Å². The van der Waals surface area contributed by atoms with Crippen molar-refractivity contribution in [3.8, 4) is 0 Å². The minimum Gasteiger partial charge on any atom is -0.477 e. The number of hydrogen-bond donors (Lipinski definition) is 4. The van der Waals surface area contributed by atoms with Gasteiger partial charge in [-0.1, -0.05) is 0 Å². The van der Waals surface area contributed by atoms with Crippen molar-refractivity contribution in [2.24, 2.45) is 5.14 Å². The number of nitrogen functional groups attached to an aromatic ring is 1. The van der Waals surface area contributed by atoms with E-state index in [9.17, 15) is 13.2 Å². The van der Waals surface area contributed by atoms with Gasteiger partial charge in [-0.2, -0.15) is 0 Å². The highest BCUT2D eigenvalue weighted by atomic mass is 32.2. The first-order valence-electron chi connectivity index (χ1n) is 4.54. The number of rotatable bonds is 5. The second-order valence-corrected chi connectivity index (χ2v) is 4.97. The van der Waals surface area contributed by atoms with Crippen molar-refractivity contribution in [3.63, 3.8) is 0 Å². The first-order valence-corrected chi connectivity index (χ1v) is 6.25. The van der Waals surface area contributed by atoms with Gasteiger partial charge in [0.2, 0.25) is 10.0 Å². The molecule has 0 fully saturated rings. The van der Waals surface area contributed by atoms with Crippen LogP contribution in [-0.4, -0.2) is 36.8 Å². The molecule has 0 aliphatic heterocycles. The van der Waals surface area contributed by atoms with E-state index in [2.05, 4.69) is 10.3 Å². The molecule has 6 N–H and O–H groups in total. The third-order valence-electron chi connectivity index (χ3n) is 1.82. The number of hydrogen-bond acceptors (Lipinski definition) is 6. The van der Waals surface area contributed by atoms with Crippen LogP contribution in [0.25, 0.3) is 0 Å². The fraction of sp³-hybridized carbons (Fsp3) is 0.250. The van der Waals surface area contributed by atoms with Gasteiger partial charge < -0.3 is 16.2 Å². The van der Waals surface area contributed by atoms with E-state index in [1.807, 2.05) is 0 Å². The Morgan fingerprint density at radius 1 is 1.47 bits per heavy atom. The molecule has 8 nitrogen and oxygen atoms in total. The third kappa shape index (κ3) is 4.25. The molecule has 0 aliphatic carbocycles. The van der Waals surface area contributed by atoms with Crippen LogP contribution in [0.1, 0.15) is 10.5 Å². The van der Waals surface area contributed by atoms with Crippen LogP contribution in [0.3, 0.4) is 0 Å². The molecular formula is C8H12N4O4S. The number of pyridine rings is 1. The Kier molecular flexibility index (Phi) is 3.86. The highest BCUT2D eigenvalue weighted by molar-refractivity contribution is 7.89. The lowest BCUT2D eigenvalue weighted by atomic mass is 10.3. The summed E-state index contributed by atoms with van der Waals surface area (Å²) in [5.74, 6) is -1.38. The summed E-state index contributed by atoms with van der Waals surface area (Å²) in [7, 11) is -3.58. The fourth-order valence-corrected chi connectivity index (χ4v) is 1.43. The van der Waals surface area contributed by atoms with E-state index in [1.54, 1.807) is 0 Å². The molecule has 0 saturated carbocycles. The van der Waals surface area contributed by atoms with Gasteiger partial charge in [-0.15, -0.1) is 0 Å². The van der Waals surface area contributed by atoms with Gasteiger partial charge in [-0.05, 0) is 12.1 Å². The van der Waals surface area contributed by atoms with E-state index in [0.29, 0.717) is 0 Å². The molecule has 9 heteroatoms. The van der Waals surface area contributed by atoms with E-state index in [-0.39, 0.29) is 29.5 Å². The summed E-state index contributed by atoms with van der Waals surface area (Å²) in [6, 6.07) is 2.62. The molecule has 1 heterocycles. The van der Waals surface area contributed by atoms with Crippen molar-refractivity contribution in [1.82, 2.24) is 4.98 Å². The monoisotopic (exact) mass is 260 g/mol. The molecule has 1 rings (SSSR count). The molecule has 0 aromatic carbocycles. The van der Waals surface area contributed by atoms with Gasteiger partial charge in [0.25, 0.3) is 0 Å². The van der Waals surface area contributed by atoms with Crippen molar-refractivity contribution >= 4 is 27.5 Å². The van der Waals surface area contributed by atoms with Crippen molar-refractivity contribution in [3.05, 3.63) is 17.8 Å². The maximum absolute atomic E-state index is 10.7. The van der Waals surface area contributed by atoms with E-state index in [0.717, 1.165) is 0 Å². The number of nitrogens with two attached hydrogens (primary N) is 2. The van der Waals surface area contributed by atoms with Crippen LogP contribution in [0.15, 0.2) is 12.1 Å². The van der Waals surface area contributed by atoms with Crippen LogP contribution < -0.4 is 16.2 Å². The second kappa shape index (κ2) is 4.97. The molecular weight excluding hydrogens is 248 g/mol. The minimum absolute atomic E-state index is 0.000887. The topological polar surface area (TPSA) is 148 Å². The number of anilines is 2. The Morgan fingerprint density at radius 3 is 2.65 bits per heavy atom. The van der Waals surface area contributed by atoms with Crippen LogP contribution in [0.5, 0.6) is 0 Å². The third-order valence-corrected chi connectivity index (χ3v) is 2.60. The van der Waals surface area contributed by atoms with Gasteiger partial charge in [0.1, 0.15) is 5.82 Å². The summed E-state index contributed by atoms with van der Waals surface area (Å²) in [5, 5.41) is 16.1. The Hall–Kier alpha value is -1.87. The quantitative estimate of drug-likeness (QED) is 0.534. The number of nitrogens with zero attached hydrogens (tertiary/aromatic N) is 1. The molecule has 0 aliphatic rings. The van der Waals surface area contributed by atoms with Crippen LogP contribution in [-0.2, 0) is 10.0 Å². The number of primary sulfonamides is 1. The lowest BCUT2D eigenvalue weighted by Gasteiger charge is -2.08. The fourth-order valence-electron chi connectivity index (χ4n) is 1.04. The van der Waals surface area contributed by atoms with Crippen LogP contribution >= 0.6 is 0 Å². The molecule has 1 aromatic rings. The number of carbonyl (C=O) groups is 1. The van der Waals surface area contributed by atoms with E-state index < -0.39 is 16.0 Å². The van der Waals surface area contributed by atoms with Gasteiger partial charge in [-0.25, -0.2) is 23.3 Å². The number of carboxylic acid groups (broad SMARTS) is 1. The summed E-state index contributed by atoms with van der Waals surface area (Å²) in [6.07, 6.45) is 0. The van der Waals surface area contributed by atoms with Crippen molar-refractivity contribution in [2.45, 2.75) is 0 Å². The zero-order valence-corrected chi connectivity index (χ0v) is 9.57. The largest absolute Gasteiger partial charge is 0.477 e. The molecule has 94 valence electrons. The molecule has 1 aromatic heterocycles. The average molecular weight is 260 g/mol. The van der Waals surface area contributed by atoms with Gasteiger partial charge >= 0.3 is 5.97 Å². The predicted molar refractivity (Wildman–Crippen MR) is 62.1 cm³/mol. The number of aromatic carboxylic acids is 1. The molecule has 0 unspecified atom stereocenters. The van der Waals surface area contributed by atoms with Crippen LogP contribution in [0.2, 0.25) is 0 Å². The number of aromatic nitrogens is 1. The molecule has 17 heavy (non-hydrogen) atoms. The van der Waals surface area contributed by atoms with E-state index in [1.165, 1.54) is 12.1 Å². The van der Waals surface area contributed by atoms with Gasteiger partial charge in [0, 0.05) is 6.54 Å². The zero-order chi connectivity index (χ0) is 13.1. The highest BCUT2D eigenvalue weighted by Crippen LogP contribution is 2.15. The Bertz CT molecular complexity index is 528. The Labute approximate surface area is 97.7 Å². The van der Waals surface area contributed by atoms with Gasteiger partial charge in [0.05, 0.1) is 11.4 Å². The van der Waals surface area contributed by atoms with Crippen LogP contribution in [0, 0.1) is 0 Å². The summed E-state index contributed by atoms with van der Waals surface area (Å²) >= 11 is 0. The highest BCUT2D eigenvalue weighted by Gasteiger charge is 2.09. The normalized spacial score (nSPS) is 11.1. The molecule has 0 atom stereocenters. The summed E-state index contributed by atoms with van der Waals surface area (Å²) < 4.78 is 21.3. The first kappa shape index (κ1) is 13.2. The van der Waals surface area contributed by atoms with Crippen molar-refractivity contribution in [1.29, 1.82) is 0 Å². The lowest BCUT2D eigenvalue weighted by Crippen LogP contribution is -2.23. The summed E-state index contributed by atoms with van der Waals surface area (Å²) in [4.78, 5) is 14.4. The predicted octanol–water partition coefficient (Wildman–Crippen LogP) is -0.938. The molecule has 0 saturated heterocycles. The summed E-state index contributed by atoms with van der Waals surface area (Å²) in [5.41, 5.74) is 5.58. The molecule has 0 radical (unpaired) electrons. The Morgan fingerprint density at radius 2 is 2.12 bits per heavy atom.